The van der Waals surface area contributed by atoms with Crippen LogP contribution in [0.3, 0.4) is 0 Å². The largest absolute Gasteiger partial charge is 0.355 e. The van der Waals surface area contributed by atoms with E-state index in [-0.39, 0.29) is 5.41 Å². The maximum Gasteiger partial charge on any atom is 0.0420 e. The van der Waals surface area contributed by atoms with E-state index in [1.165, 1.54) is 55.6 Å². The van der Waals surface area contributed by atoms with Crippen molar-refractivity contribution in [3.05, 3.63) is 131 Å². The third-order valence-electron chi connectivity index (χ3n) is 7.74. The molecule has 176 valence electrons. The van der Waals surface area contributed by atoms with Gasteiger partial charge in [-0.3, -0.25) is 0 Å². The van der Waals surface area contributed by atoms with Gasteiger partial charge >= 0.3 is 0 Å². The van der Waals surface area contributed by atoms with Crippen molar-refractivity contribution in [1.29, 1.82) is 0 Å². The summed E-state index contributed by atoms with van der Waals surface area (Å²) in [4.78, 5) is 0. The Kier molecular flexibility index (Phi) is 5.30. The van der Waals surface area contributed by atoms with Crippen LogP contribution in [0.5, 0.6) is 0 Å². The Labute approximate surface area is 214 Å². The van der Waals surface area contributed by atoms with Crippen LogP contribution in [0, 0.1) is 13.8 Å². The Morgan fingerprint density at radius 3 is 1.89 bits per heavy atom. The van der Waals surface area contributed by atoms with Crippen LogP contribution in [0.1, 0.15) is 36.1 Å². The molecule has 0 fully saturated rings. The molecule has 0 unspecified atom stereocenters. The lowest BCUT2D eigenvalue weighted by molar-refractivity contribution is 0.660. The molecule has 1 aliphatic rings. The van der Waals surface area contributed by atoms with E-state index in [0.29, 0.717) is 0 Å². The highest BCUT2D eigenvalue weighted by molar-refractivity contribution is 5.94. The quantitative estimate of drug-likeness (QED) is 0.278. The second-order valence-corrected chi connectivity index (χ2v) is 10.5. The molecule has 0 aromatic heterocycles. The van der Waals surface area contributed by atoms with Crippen molar-refractivity contribution >= 4 is 11.4 Å². The van der Waals surface area contributed by atoms with E-state index in [9.17, 15) is 0 Å². The number of hydrogen-bond donors (Lipinski definition) is 1. The van der Waals surface area contributed by atoms with E-state index in [1.54, 1.807) is 0 Å². The first-order valence-electron chi connectivity index (χ1n) is 12.7. The average Bonchev–Trinajstić information content (AvgIpc) is 3.12. The Bertz CT molecular complexity index is 1580. The van der Waals surface area contributed by atoms with Gasteiger partial charge in [0.2, 0.25) is 0 Å². The minimum atomic E-state index is -0.0398. The van der Waals surface area contributed by atoms with Crippen molar-refractivity contribution in [3.63, 3.8) is 0 Å². The molecule has 0 bridgehead atoms. The SMILES string of the molecule is Cc1ccc(-c2ccccc2)cc1Nc1cc2c(cc1C)C(C)(C)c1cccc(-c3ccccc3)c1-2. The number of hydrogen-bond acceptors (Lipinski definition) is 1. The standard InChI is InChI=1S/C35H31N/c1-23-18-19-27(25-12-7-5-8-13-25)21-32(23)36-33-22-29-31(20-24(33)2)35(3,4)30-17-11-16-28(34(29)30)26-14-9-6-10-15-26/h5-22,36H,1-4H3. The summed E-state index contributed by atoms with van der Waals surface area (Å²) in [6.45, 7) is 9.10. The third kappa shape index (κ3) is 3.63. The predicted molar refractivity (Wildman–Crippen MR) is 154 cm³/mol. The normalized spacial score (nSPS) is 13.2. The molecule has 0 saturated heterocycles. The highest BCUT2D eigenvalue weighted by atomic mass is 14.9. The molecule has 0 saturated carbocycles. The average molecular weight is 466 g/mol. The van der Waals surface area contributed by atoms with Gasteiger partial charge in [0.05, 0.1) is 0 Å². The zero-order valence-electron chi connectivity index (χ0n) is 21.4. The summed E-state index contributed by atoms with van der Waals surface area (Å²) < 4.78 is 0. The molecule has 6 rings (SSSR count). The van der Waals surface area contributed by atoms with Crippen LogP contribution >= 0.6 is 0 Å². The molecule has 0 heterocycles. The summed E-state index contributed by atoms with van der Waals surface area (Å²) in [5.74, 6) is 0. The van der Waals surface area contributed by atoms with E-state index in [2.05, 4.69) is 142 Å². The number of anilines is 2. The second kappa shape index (κ2) is 8.53. The van der Waals surface area contributed by atoms with Gasteiger partial charge < -0.3 is 5.32 Å². The van der Waals surface area contributed by atoms with Crippen molar-refractivity contribution in [3.8, 4) is 33.4 Å². The van der Waals surface area contributed by atoms with Crippen LogP contribution in [0.2, 0.25) is 0 Å². The van der Waals surface area contributed by atoms with E-state index in [4.69, 9.17) is 0 Å². The predicted octanol–water partition coefficient (Wildman–Crippen LogP) is 9.69. The maximum absolute atomic E-state index is 3.80. The molecular weight excluding hydrogens is 434 g/mol. The van der Waals surface area contributed by atoms with E-state index in [0.717, 1.165) is 11.4 Å². The van der Waals surface area contributed by atoms with Crippen molar-refractivity contribution in [2.75, 3.05) is 5.32 Å². The summed E-state index contributed by atoms with van der Waals surface area (Å²) in [6, 6.07) is 39.6. The maximum atomic E-state index is 3.80. The van der Waals surface area contributed by atoms with Crippen molar-refractivity contribution < 1.29 is 0 Å². The van der Waals surface area contributed by atoms with E-state index < -0.39 is 0 Å². The number of aryl methyl sites for hydroxylation is 2. The van der Waals surface area contributed by atoms with Crippen LogP contribution in [-0.4, -0.2) is 0 Å². The van der Waals surface area contributed by atoms with E-state index >= 15 is 0 Å². The minimum Gasteiger partial charge on any atom is -0.355 e. The first-order valence-corrected chi connectivity index (χ1v) is 12.7. The molecule has 5 aromatic rings. The van der Waals surface area contributed by atoms with Crippen LogP contribution in [0.25, 0.3) is 33.4 Å². The molecule has 1 aliphatic carbocycles. The Hall–Kier alpha value is -4.10. The Morgan fingerprint density at radius 1 is 0.500 bits per heavy atom. The molecule has 5 aromatic carbocycles. The smallest absolute Gasteiger partial charge is 0.0420 e. The number of rotatable bonds is 4. The van der Waals surface area contributed by atoms with Gasteiger partial charge in [-0.2, -0.15) is 0 Å². The lowest BCUT2D eigenvalue weighted by atomic mass is 9.81. The van der Waals surface area contributed by atoms with Crippen molar-refractivity contribution in [1.82, 2.24) is 0 Å². The summed E-state index contributed by atoms with van der Waals surface area (Å²) in [7, 11) is 0. The molecule has 0 aliphatic heterocycles. The Morgan fingerprint density at radius 2 is 1.17 bits per heavy atom. The first-order chi connectivity index (χ1) is 17.4. The van der Waals surface area contributed by atoms with Crippen LogP contribution in [-0.2, 0) is 5.41 Å². The minimum absolute atomic E-state index is 0.0398. The van der Waals surface area contributed by atoms with E-state index in [1.807, 2.05) is 0 Å². The second-order valence-electron chi connectivity index (χ2n) is 10.5. The molecular formula is C35H31N. The van der Waals surface area contributed by atoms with Gasteiger partial charge in [-0.1, -0.05) is 111 Å². The molecule has 0 atom stereocenters. The van der Waals surface area contributed by atoms with Gasteiger partial charge in [-0.05, 0) is 81.6 Å². The molecule has 0 amide bonds. The van der Waals surface area contributed by atoms with Gasteiger partial charge in [-0.25, -0.2) is 0 Å². The summed E-state index contributed by atoms with van der Waals surface area (Å²) in [5, 5.41) is 3.80. The highest BCUT2D eigenvalue weighted by Crippen LogP contribution is 2.53. The summed E-state index contributed by atoms with van der Waals surface area (Å²) >= 11 is 0. The summed E-state index contributed by atoms with van der Waals surface area (Å²) in [6.07, 6.45) is 0. The molecule has 1 heteroatoms. The summed E-state index contributed by atoms with van der Waals surface area (Å²) in [5.41, 5.74) is 15.3. The fourth-order valence-electron chi connectivity index (χ4n) is 5.65. The lowest BCUT2D eigenvalue weighted by Crippen LogP contribution is -2.15. The molecule has 1 nitrogen and oxygen atoms in total. The van der Waals surface area contributed by atoms with Gasteiger partial charge in [0.15, 0.2) is 0 Å². The zero-order valence-corrected chi connectivity index (χ0v) is 21.4. The van der Waals surface area contributed by atoms with Crippen molar-refractivity contribution in [2.45, 2.75) is 33.1 Å². The van der Waals surface area contributed by atoms with Crippen LogP contribution < -0.4 is 5.32 Å². The van der Waals surface area contributed by atoms with Crippen LogP contribution in [0.15, 0.2) is 109 Å². The topological polar surface area (TPSA) is 12.0 Å². The van der Waals surface area contributed by atoms with Gasteiger partial charge in [0.1, 0.15) is 0 Å². The third-order valence-corrected chi connectivity index (χ3v) is 7.74. The lowest BCUT2D eigenvalue weighted by Gasteiger charge is -2.23. The zero-order chi connectivity index (χ0) is 24.9. The Balaban J connectivity index is 1.48. The van der Waals surface area contributed by atoms with Crippen LogP contribution in [0.4, 0.5) is 11.4 Å². The molecule has 0 radical (unpaired) electrons. The fraction of sp³-hybridized carbons (Fsp3) is 0.143. The first kappa shape index (κ1) is 22.4. The van der Waals surface area contributed by atoms with Gasteiger partial charge in [-0.15, -0.1) is 0 Å². The number of fused-ring (bicyclic) bond motifs is 3. The van der Waals surface area contributed by atoms with Gasteiger partial charge in [0, 0.05) is 16.8 Å². The number of benzene rings is 5. The number of nitrogens with one attached hydrogen (secondary N) is 1. The molecule has 1 N–H and O–H groups in total. The fourth-order valence-corrected chi connectivity index (χ4v) is 5.65. The molecule has 0 spiro atoms. The van der Waals surface area contributed by atoms with Gasteiger partial charge in [0.25, 0.3) is 0 Å². The monoisotopic (exact) mass is 465 g/mol. The molecule has 36 heavy (non-hydrogen) atoms. The van der Waals surface area contributed by atoms with Crippen molar-refractivity contribution in [2.24, 2.45) is 0 Å². The highest BCUT2D eigenvalue weighted by Gasteiger charge is 2.37.